The maximum Gasteiger partial charge on any atom is 0.181 e. The van der Waals surface area contributed by atoms with Gasteiger partial charge in [0.05, 0.1) is 10.1 Å². The number of hydrogen-bond acceptors (Lipinski definition) is 3. The van der Waals surface area contributed by atoms with Crippen molar-refractivity contribution in [3.63, 3.8) is 0 Å². The first-order valence-corrected chi connectivity index (χ1v) is 8.02. The van der Waals surface area contributed by atoms with Crippen molar-refractivity contribution in [1.82, 2.24) is 4.90 Å². The van der Waals surface area contributed by atoms with Gasteiger partial charge in [-0.1, -0.05) is 15.9 Å². The number of rotatable bonds is 2. The van der Waals surface area contributed by atoms with Crippen molar-refractivity contribution in [2.75, 3.05) is 20.1 Å². The molecular weight excluding hydrogens is 302 g/mol. The Morgan fingerprint density at radius 1 is 1.18 bits per heavy atom. The predicted octanol–water partition coefficient (Wildman–Crippen LogP) is 2.32. The third kappa shape index (κ3) is 2.89. The van der Waals surface area contributed by atoms with Crippen LogP contribution in [0.25, 0.3) is 0 Å². The lowest BCUT2D eigenvalue weighted by atomic mass is 10.1. The normalized spacial score (nSPS) is 19.4. The Balaban J connectivity index is 2.21. The van der Waals surface area contributed by atoms with Gasteiger partial charge < -0.3 is 4.90 Å². The molecule has 0 unspecified atom stereocenters. The van der Waals surface area contributed by atoms with Gasteiger partial charge in [-0.3, -0.25) is 0 Å². The smallest absolute Gasteiger partial charge is 0.181 e. The van der Waals surface area contributed by atoms with Crippen molar-refractivity contribution in [2.45, 2.75) is 23.0 Å². The third-order valence-corrected chi connectivity index (χ3v) is 6.05. The Morgan fingerprint density at radius 3 is 2.24 bits per heavy atom. The second-order valence-electron chi connectivity index (χ2n) is 4.50. The first kappa shape index (κ1) is 13.1. The van der Waals surface area contributed by atoms with Crippen molar-refractivity contribution in [1.29, 1.82) is 0 Å². The van der Waals surface area contributed by atoms with Gasteiger partial charge in [0, 0.05) is 4.47 Å². The summed E-state index contributed by atoms with van der Waals surface area (Å²) in [6, 6.07) is 6.92. The first-order valence-electron chi connectivity index (χ1n) is 5.68. The topological polar surface area (TPSA) is 37.4 Å². The number of sulfone groups is 1. The van der Waals surface area contributed by atoms with Gasteiger partial charge >= 0.3 is 0 Å². The van der Waals surface area contributed by atoms with Crippen molar-refractivity contribution in [2.24, 2.45) is 0 Å². The Kier molecular flexibility index (Phi) is 3.90. The van der Waals surface area contributed by atoms with Gasteiger partial charge in [-0.05, 0) is 57.2 Å². The van der Waals surface area contributed by atoms with E-state index in [1.807, 2.05) is 7.05 Å². The molecule has 3 nitrogen and oxygen atoms in total. The fraction of sp³-hybridized carbons (Fsp3) is 0.500. The summed E-state index contributed by atoms with van der Waals surface area (Å²) in [7, 11) is -1.12. The minimum absolute atomic E-state index is 0.222. The molecule has 0 radical (unpaired) electrons. The molecule has 0 saturated carbocycles. The van der Waals surface area contributed by atoms with Gasteiger partial charge in [-0.2, -0.15) is 0 Å². The van der Waals surface area contributed by atoms with Crippen molar-refractivity contribution >= 4 is 25.8 Å². The quantitative estimate of drug-likeness (QED) is 0.840. The number of likely N-dealkylation sites (tertiary alicyclic amines) is 1. The van der Waals surface area contributed by atoms with Crippen LogP contribution in [0.2, 0.25) is 0 Å². The van der Waals surface area contributed by atoms with E-state index < -0.39 is 9.84 Å². The maximum atomic E-state index is 12.4. The molecule has 0 aliphatic carbocycles. The molecule has 1 aromatic carbocycles. The van der Waals surface area contributed by atoms with Crippen LogP contribution in [0.1, 0.15) is 12.8 Å². The second kappa shape index (κ2) is 5.08. The van der Waals surface area contributed by atoms with Crippen molar-refractivity contribution in [3.05, 3.63) is 28.7 Å². The molecule has 5 heteroatoms. The second-order valence-corrected chi connectivity index (χ2v) is 7.65. The lowest BCUT2D eigenvalue weighted by Crippen LogP contribution is -2.37. The summed E-state index contributed by atoms with van der Waals surface area (Å²) >= 11 is 3.31. The van der Waals surface area contributed by atoms with Crippen LogP contribution in [-0.2, 0) is 9.84 Å². The molecule has 17 heavy (non-hydrogen) atoms. The highest BCUT2D eigenvalue weighted by atomic mass is 79.9. The minimum atomic E-state index is -3.15. The molecule has 1 saturated heterocycles. The largest absolute Gasteiger partial charge is 0.306 e. The molecule has 0 amide bonds. The van der Waals surface area contributed by atoms with Crippen LogP contribution in [0.5, 0.6) is 0 Å². The first-order chi connectivity index (χ1) is 8.00. The summed E-state index contributed by atoms with van der Waals surface area (Å²) in [4.78, 5) is 2.61. The summed E-state index contributed by atoms with van der Waals surface area (Å²) in [5.41, 5.74) is 0. The van der Waals surface area contributed by atoms with E-state index in [9.17, 15) is 8.42 Å². The third-order valence-electron chi connectivity index (χ3n) is 3.25. The zero-order valence-corrected chi connectivity index (χ0v) is 12.2. The molecule has 2 rings (SSSR count). The molecule has 94 valence electrons. The van der Waals surface area contributed by atoms with Crippen LogP contribution in [0.15, 0.2) is 33.6 Å². The summed E-state index contributed by atoms with van der Waals surface area (Å²) in [5, 5.41) is -0.222. The van der Waals surface area contributed by atoms with Crippen LogP contribution in [0.4, 0.5) is 0 Å². The van der Waals surface area contributed by atoms with E-state index in [0.717, 1.165) is 30.4 Å². The van der Waals surface area contributed by atoms with E-state index >= 15 is 0 Å². The Morgan fingerprint density at radius 2 is 1.71 bits per heavy atom. The average molecular weight is 318 g/mol. The van der Waals surface area contributed by atoms with Crippen molar-refractivity contribution in [3.8, 4) is 0 Å². The zero-order valence-electron chi connectivity index (χ0n) is 9.77. The van der Waals surface area contributed by atoms with Gasteiger partial charge in [0.2, 0.25) is 0 Å². The molecule has 1 aliphatic rings. The van der Waals surface area contributed by atoms with E-state index in [0.29, 0.717) is 4.90 Å². The maximum absolute atomic E-state index is 12.4. The number of benzene rings is 1. The van der Waals surface area contributed by atoms with Crippen LogP contribution in [-0.4, -0.2) is 38.7 Å². The summed E-state index contributed by atoms with van der Waals surface area (Å²) < 4.78 is 25.6. The predicted molar refractivity (Wildman–Crippen MR) is 71.8 cm³/mol. The Bertz CT molecular complexity index is 476. The molecule has 1 aromatic rings. The van der Waals surface area contributed by atoms with Gasteiger partial charge in [-0.25, -0.2) is 8.42 Å². The van der Waals surface area contributed by atoms with E-state index in [2.05, 4.69) is 20.8 Å². The van der Waals surface area contributed by atoms with Gasteiger partial charge in [0.1, 0.15) is 0 Å². The molecule has 0 atom stereocenters. The van der Waals surface area contributed by atoms with Crippen LogP contribution < -0.4 is 0 Å². The number of hydrogen-bond donors (Lipinski definition) is 0. The lowest BCUT2D eigenvalue weighted by molar-refractivity contribution is 0.277. The molecule has 0 aromatic heterocycles. The monoisotopic (exact) mass is 317 g/mol. The minimum Gasteiger partial charge on any atom is -0.306 e. The zero-order chi connectivity index (χ0) is 12.5. The average Bonchev–Trinajstić information content (AvgIpc) is 2.30. The molecule has 0 N–H and O–H groups in total. The van der Waals surface area contributed by atoms with E-state index in [-0.39, 0.29) is 5.25 Å². The SMILES string of the molecule is CN1CCC(S(=O)(=O)c2ccc(Br)cc2)CC1. The number of piperidine rings is 1. The Hall–Kier alpha value is -0.390. The van der Waals surface area contributed by atoms with Crippen LogP contribution in [0, 0.1) is 0 Å². The molecule has 0 spiro atoms. The van der Waals surface area contributed by atoms with Crippen LogP contribution in [0.3, 0.4) is 0 Å². The van der Waals surface area contributed by atoms with Gasteiger partial charge in [0.15, 0.2) is 9.84 Å². The highest BCUT2D eigenvalue weighted by Crippen LogP contribution is 2.25. The fourth-order valence-electron chi connectivity index (χ4n) is 2.11. The molecule has 0 bridgehead atoms. The standard InChI is InChI=1S/C12H16BrNO2S/c1-14-8-6-12(7-9-14)17(15,16)11-4-2-10(13)3-5-11/h2-5,12H,6-9H2,1H3. The highest BCUT2D eigenvalue weighted by Gasteiger charge is 2.30. The van der Waals surface area contributed by atoms with E-state index in [1.165, 1.54) is 0 Å². The summed E-state index contributed by atoms with van der Waals surface area (Å²) in [6.45, 7) is 1.72. The van der Waals surface area contributed by atoms with Crippen molar-refractivity contribution < 1.29 is 8.42 Å². The molecule has 1 fully saturated rings. The summed E-state index contributed by atoms with van der Waals surface area (Å²) in [5.74, 6) is 0. The number of halogens is 1. The fourth-order valence-corrected chi connectivity index (χ4v) is 4.11. The molecular formula is C12H16BrNO2S. The van der Waals surface area contributed by atoms with Crippen LogP contribution >= 0.6 is 15.9 Å². The lowest BCUT2D eigenvalue weighted by Gasteiger charge is -2.28. The highest BCUT2D eigenvalue weighted by molar-refractivity contribution is 9.10. The van der Waals surface area contributed by atoms with Gasteiger partial charge in [0.25, 0.3) is 0 Å². The van der Waals surface area contributed by atoms with E-state index in [1.54, 1.807) is 24.3 Å². The number of nitrogens with zero attached hydrogens (tertiary/aromatic N) is 1. The molecule has 1 aliphatic heterocycles. The van der Waals surface area contributed by atoms with Gasteiger partial charge in [-0.15, -0.1) is 0 Å². The Labute approximate surface area is 111 Å². The molecule has 1 heterocycles. The van der Waals surface area contributed by atoms with E-state index in [4.69, 9.17) is 0 Å². The summed E-state index contributed by atoms with van der Waals surface area (Å²) in [6.07, 6.45) is 1.46.